The fourth-order valence-electron chi connectivity index (χ4n) is 3.18. The largest absolute Gasteiger partial charge is 0.377 e. The number of thioether (sulfide) groups is 2. The Morgan fingerprint density at radius 2 is 1.30 bits per heavy atom. The lowest BCUT2D eigenvalue weighted by Gasteiger charge is -2.16. The third kappa shape index (κ3) is 7.25. The maximum absolute atomic E-state index is 12.3. The third-order valence-corrected chi connectivity index (χ3v) is 7.43. The van der Waals surface area contributed by atoms with Crippen LogP contribution in [0.2, 0.25) is 0 Å². The van der Waals surface area contributed by atoms with Crippen LogP contribution in [-0.2, 0) is 28.7 Å². The Morgan fingerprint density at radius 1 is 0.833 bits per heavy atom. The molecule has 2 aliphatic rings. The van der Waals surface area contributed by atoms with Crippen LogP contribution in [0, 0.1) is 5.92 Å². The Labute approximate surface area is 186 Å². The van der Waals surface area contributed by atoms with Crippen LogP contribution in [0.15, 0.2) is 0 Å². The van der Waals surface area contributed by atoms with Crippen molar-refractivity contribution in [2.24, 2.45) is 5.92 Å². The molecule has 170 valence electrons. The van der Waals surface area contributed by atoms with Gasteiger partial charge in [-0.2, -0.15) is 0 Å². The summed E-state index contributed by atoms with van der Waals surface area (Å²) in [6.07, 6.45) is 0.538. The zero-order chi connectivity index (χ0) is 22.1. The fourth-order valence-corrected chi connectivity index (χ4v) is 5.26. The fraction of sp³-hybridized carbons (Fsp3) is 0.800. The number of nitrogens with zero attached hydrogens (tertiary/aromatic N) is 2. The van der Waals surface area contributed by atoms with Crippen LogP contribution in [0.3, 0.4) is 0 Å². The quantitative estimate of drug-likeness (QED) is 0.284. The van der Waals surface area contributed by atoms with Gasteiger partial charge in [-0.05, 0) is 17.4 Å². The summed E-state index contributed by atoms with van der Waals surface area (Å²) < 4.78 is 10.9. The van der Waals surface area contributed by atoms with Gasteiger partial charge in [-0.15, -0.1) is 23.5 Å². The van der Waals surface area contributed by atoms with Gasteiger partial charge >= 0.3 is 0 Å². The molecule has 2 unspecified atom stereocenters. The molecule has 0 aromatic rings. The van der Waals surface area contributed by atoms with Crippen molar-refractivity contribution in [3.63, 3.8) is 0 Å². The van der Waals surface area contributed by atoms with Gasteiger partial charge in [0.1, 0.15) is 0 Å². The minimum absolute atomic E-state index is 0.120. The van der Waals surface area contributed by atoms with E-state index in [2.05, 4.69) is 13.8 Å². The number of amides is 4. The lowest BCUT2D eigenvalue weighted by molar-refractivity contribution is -0.141. The summed E-state index contributed by atoms with van der Waals surface area (Å²) in [7, 11) is 0. The number of ether oxygens (including phenoxy) is 2. The highest BCUT2D eigenvalue weighted by Crippen LogP contribution is 2.26. The van der Waals surface area contributed by atoms with E-state index >= 15 is 0 Å². The van der Waals surface area contributed by atoms with Crippen molar-refractivity contribution in [3.8, 4) is 0 Å². The van der Waals surface area contributed by atoms with Crippen molar-refractivity contribution < 1.29 is 28.7 Å². The molecule has 0 saturated carbocycles. The summed E-state index contributed by atoms with van der Waals surface area (Å²) in [5, 5.41) is -0.528. The van der Waals surface area contributed by atoms with E-state index in [1.54, 1.807) is 11.8 Å². The number of carbonyl (C=O) groups is 4. The van der Waals surface area contributed by atoms with Gasteiger partial charge in [0.15, 0.2) is 0 Å². The van der Waals surface area contributed by atoms with Crippen LogP contribution >= 0.6 is 23.5 Å². The molecular weight excluding hydrogens is 428 g/mol. The molecule has 8 nitrogen and oxygen atoms in total. The normalized spacial score (nSPS) is 22.3. The molecule has 0 N–H and O–H groups in total. The van der Waals surface area contributed by atoms with E-state index < -0.39 is 0 Å². The van der Waals surface area contributed by atoms with E-state index in [4.69, 9.17) is 9.47 Å². The Morgan fingerprint density at radius 3 is 1.73 bits per heavy atom. The molecule has 0 radical (unpaired) electrons. The second-order valence-electron chi connectivity index (χ2n) is 7.56. The number of imide groups is 2. The molecule has 0 spiro atoms. The molecule has 0 aliphatic carbocycles. The van der Waals surface area contributed by atoms with Gasteiger partial charge in [0.05, 0.1) is 50.0 Å². The van der Waals surface area contributed by atoms with Crippen molar-refractivity contribution in [3.05, 3.63) is 0 Å². The SMILES string of the molecule is CCSC1CC(=O)N(CCOCCOCCN2C(=O)CC(SCC(C)C)C2=O)C1=O. The van der Waals surface area contributed by atoms with Gasteiger partial charge in [-0.1, -0.05) is 20.8 Å². The molecule has 0 aromatic carbocycles. The van der Waals surface area contributed by atoms with Gasteiger partial charge in [0.2, 0.25) is 23.6 Å². The van der Waals surface area contributed by atoms with Gasteiger partial charge in [-0.3, -0.25) is 29.0 Å². The average molecular weight is 461 g/mol. The number of hydrogen-bond donors (Lipinski definition) is 0. The van der Waals surface area contributed by atoms with E-state index in [9.17, 15) is 19.2 Å². The molecule has 2 rings (SSSR count). The van der Waals surface area contributed by atoms with Crippen molar-refractivity contribution in [2.75, 3.05) is 51.0 Å². The monoisotopic (exact) mass is 460 g/mol. The average Bonchev–Trinajstić information content (AvgIpc) is 3.12. The predicted octanol–water partition coefficient (Wildman–Crippen LogP) is 1.42. The van der Waals surface area contributed by atoms with E-state index in [0.717, 1.165) is 11.5 Å². The molecule has 4 amide bonds. The van der Waals surface area contributed by atoms with E-state index in [-0.39, 0.29) is 73.3 Å². The van der Waals surface area contributed by atoms with Crippen LogP contribution < -0.4 is 0 Å². The minimum atomic E-state index is -0.269. The molecular formula is C20H32N2O6S2. The first-order valence-corrected chi connectivity index (χ1v) is 12.5. The zero-order valence-corrected chi connectivity index (χ0v) is 19.6. The van der Waals surface area contributed by atoms with E-state index in [1.807, 2.05) is 6.92 Å². The molecule has 2 aliphatic heterocycles. The topological polar surface area (TPSA) is 93.2 Å². The van der Waals surface area contributed by atoms with Gasteiger partial charge in [0.25, 0.3) is 0 Å². The Balaban J connectivity index is 1.54. The highest BCUT2D eigenvalue weighted by atomic mass is 32.2. The molecule has 10 heteroatoms. The van der Waals surface area contributed by atoms with E-state index in [0.29, 0.717) is 19.1 Å². The Kier molecular flexibility index (Phi) is 10.6. The van der Waals surface area contributed by atoms with Crippen LogP contribution in [0.4, 0.5) is 0 Å². The number of likely N-dealkylation sites (tertiary alicyclic amines) is 2. The van der Waals surface area contributed by atoms with Crippen molar-refractivity contribution in [2.45, 2.75) is 44.1 Å². The zero-order valence-electron chi connectivity index (χ0n) is 18.0. The number of rotatable bonds is 14. The highest BCUT2D eigenvalue weighted by molar-refractivity contribution is 8.00. The summed E-state index contributed by atoms with van der Waals surface area (Å²) in [5.41, 5.74) is 0. The number of hydrogen-bond acceptors (Lipinski definition) is 8. The summed E-state index contributed by atoms with van der Waals surface area (Å²) in [6, 6.07) is 0. The molecule has 2 heterocycles. The lowest BCUT2D eigenvalue weighted by atomic mass is 10.3. The van der Waals surface area contributed by atoms with E-state index in [1.165, 1.54) is 21.6 Å². The van der Waals surface area contributed by atoms with Crippen molar-refractivity contribution in [1.82, 2.24) is 9.80 Å². The summed E-state index contributed by atoms with van der Waals surface area (Å²) >= 11 is 3.04. The maximum Gasteiger partial charge on any atom is 0.242 e. The second kappa shape index (κ2) is 12.7. The van der Waals surface area contributed by atoms with Crippen LogP contribution in [0.5, 0.6) is 0 Å². The molecule has 30 heavy (non-hydrogen) atoms. The first-order valence-electron chi connectivity index (χ1n) is 10.4. The Bertz CT molecular complexity index is 630. The maximum atomic E-state index is 12.3. The van der Waals surface area contributed by atoms with Crippen LogP contribution in [0.25, 0.3) is 0 Å². The lowest BCUT2D eigenvalue weighted by Crippen LogP contribution is -2.35. The minimum Gasteiger partial charge on any atom is -0.377 e. The standard InChI is InChI=1S/C20H32N2O6S2/c1-4-29-15-11-17(23)21(19(15)25)5-7-27-9-10-28-8-6-22-18(24)12-16(20(22)26)30-13-14(2)3/h14-16H,4-13H2,1-3H3. The molecule has 0 aromatic heterocycles. The van der Waals surface area contributed by atoms with Gasteiger partial charge in [0, 0.05) is 12.8 Å². The number of carbonyl (C=O) groups excluding carboxylic acids is 4. The first kappa shape index (κ1) is 25.2. The van der Waals surface area contributed by atoms with Crippen LogP contribution in [-0.4, -0.2) is 95.0 Å². The summed E-state index contributed by atoms with van der Waals surface area (Å²) in [4.78, 5) is 50.9. The highest BCUT2D eigenvalue weighted by Gasteiger charge is 2.39. The van der Waals surface area contributed by atoms with Gasteiger partial charge < -0.3 is 9.47 Å². The van der Waals surface area contributed by atoms with Crippen molar-refractivity contribution in [1.29, 1.82) is 0 Å². The Hall–Kier alpha value is -1.10. The second-order valence-corrected chi connectivity index (χ2v) is 10.3. The molecule has 2 fully saturated rings. The summed E-state index contributed by atoms with van der Waals surface area (Å²) in [6.45, 7) is 7.82. The predicted molar refractivity (Wildman–Crippen MR) is 117 cm³/mol. The van der Waals surface area contributed by atoms with Crippen molar-refractivity contribution >= 4 is 47.2 Å². The first-order chi connectivity index (χ1) is 14.3. The molecule has 2 atom stereocenters. The smallest absolute Gasteiger partial charge is 0.242 e. The van der Waals surface area contributed by atoms with Crippen LogP contribution in [0.1, 0.15) is 33.6 Å². The third-order valence-electron chi connectivity index (χ3n) is 4.69. The molecule has 0 bridgehead atoms. The van der Waals surface area contributed by atoms with Gasteiger partial charge in [-0.25, -0.2) is 0 Å². The molecule has 2 saturated heterocycles. The summed E-state index contributed by atoms with van der Waals surface area (Å²) in [5.74, 6) is 1.61.